The summed E-state index contributed by atoms with van der Waals surface area (Å²) in [6, 6.07) is 7.62. The van der Waals surface area contributed by atoms with Crippen LogP contribution in [-0.4, -0.2) is 14.7 Å². The molecule has 1 aromatic rings. The highest BCUT2D eigenvalue weighted by Crippen LogP contribution is 2.13. The first-order chi connectivity index (χ1) is 6.38. The molecule has 0 bridgehead atoms. The summed E-state index contributed by atoms with van der Waals surface area (Å²) in [5.41, 5.74) is 2.14. The highest BCUT2D eigenvalue weighted by atomic mass is 32.2. The van der Waals surface area contributed by atoms with Gasteiger partial charge < -0.3 is 0 Å². The topological polar surface area (TPSA) is 46.2 Å². The Balaban J connectivity index is 2.80. The molecule has 0 heterocycles. The van der Waals surface area contributed by atoms with Crippen molar-refractivity contribution in [1.29, 1.82) is 0 Å². The molecule has 0 unspecified atom stereocenters. The summed E-state index contributed by atoms with van der Waals surface area (Å²) in [7, 11) is -3.13. The van der Waals surface area contributed by atoms with Gasteiger partial charge in [0.05, 0.1) is 6.26 Å². The van der Waals surface area contributed by atoms with Crippen molar-refractivity contribution in [2.45, 2.75) is 19.9 Å². The molecule has 4 heteroatoms. The second-order valence-corrected chi connectivity index (χ2v) is 5.30. The summed E-state index contributed by atoms with van der Waals surface area (Å²) < 4.78 is 24.5. The van der Waals surface area contributed by atoms with Crippen molar-refractivity contribution in [3.63, 3.8) is 0 Å². The van der Waals surface area contributed by atoms with E-state index in [1.54, 1.807) is 0 Å². The lowest BCUT2D eigenvalue weighted by Crippen LogP contribution is -2.25. The Morgan fingerprint density at radius 1 is 1.21 bits per heavy atom. The Morgan fingerprint density at radius 2 is 1.71 bits per heavy atom. The normalized spacial score (nSPS) is 13.9. The largest absolute Gasteiger partial charge is 0.213 e. The maximum atomic E-state index is 11.0. The van der Waals surface area contributed by atoms with Crippen LogP contribution in [0.3, 0.4) is 0 Å². The summed E-state index contributed by atoms with van der Waals surface area (Å²) in [4.78, 5) is 0. The molecule has 1 N–H and O–H groups in total. The van der Waals surface area contributed by atoms with Gasteiger partial charge in [-0.3, -0.25) is 0 Å². The van der Waals surface area contributed by atoms with E-state index in [9.17, 15) is 8.42 Å². The van der Waals surface area contributed by atoms with Gasteiger partial charge in [0.25, 0.3) is 0 Å². The molecule has 0 aliphatic heterocycles. The van der Waals surface area contributed by atoms with Gasteiger partial charge in [-0.25, -0.2) is 13.1 Å². The Labute approximate surface area is 85.2 Å². The third-order valence-corrected chi connectivity index (χ3v) is 2.75. The van der Waals surface area contributed by atoms with Gasteiger partial charge >= 0.3 is 0 Å². The van der Waals surface area contributed by atoms with Gasteiger partial charge in [-0.1, -0.05) is 29.8 Å². The Bertz CT molecular complexity index is 395. The molecule has 1 aromatic carbocycles. The standard InChI is InChI=1S/C10H15NO2S/c1-8-4-6-10(7-5-8)9(2)11-14(3,12)13/h4-7,9,11H,1-3H3/t9-/m1/s1. The third kappa shape index (κ3) is 3.47. The summed E-state index contributed by atoms with van der Waals surface area (Å²) in [5.74, 6) is 0. The molecule has 14 heavy (non-hydrogen) atoms. The van der Waals surface area contributed by atoms with Crippen LogP contribution in [0, 0.1) is 6.92 Å². The van der Waals surface area contributed by atoms with E-state index in [1.165, 1.54) is 5.56 Å². The molecule has 1 atom stereocenters. The van der Waals surface area contributed by atoms with Gasteiger partial charge in [0.1, 0.15) is 0 Å². The van der Waals surface area contributed by atoms with Crippen LogP contribution in [0.25, 0.3) is 0 Å². The first kappa shape index (κ1) is 11.2. The van der Waals surface area contributed by atoms with Gasteiger partial charge in [-0.05, 0) is 19.4 Å². The average molecular weight is 213 g/mol. The first-order valence-corrected chi connectivity index (χ1v) is 6.31. The van der Waals surface area contributed by atoms with Crippen LogP contribution in [0.1, 0.15) is 24.1 Å². The number of hydrogen-bond acceptors (Lipinski definition) is 2. The lowest BCUT2D eigenvalue weighted by Gasteiger charge is -2.12. The Hall–Kier alpha value is -0.870. The van der Waals surface area contributed by atoms with Gasteiger partial charge in [-0.2, -0.15) is 0 Å². The number of rotatable bonds is 3. The Kier molecular flexibility index (Phi) is 3.29. The second kappa shape index (κ2) is 4.11. The van der Waals surface area contributed by atoms with Gasteiger partial charge in [0.15, 0.2) is 0 Å². The van der Waals surface area contributed by atoms with E-state index in [0.29, 0.717) is 0 Å². The van der Waals surface area contributed by atoms with E-state index < -0.39 is 10.0 Å². The fraction of sp³-hybridized carbons (Fsp3) is 0.400. The highest BCUT2D eigenvalue weighted by molar-refractivity contribution is 7.88. The lowest BCUT2D eigenvalue weighted by molar-refractivity contribution is 0.573. The van der Waals surface area contributed by atoms with Crippen LogP contribution in [-0.2, 0) is 10.0 Å². The quantitative estimate of drug-likeness (QED) is 0.829. The molecule has 0 aromatic heterocycles. The molecule has 0 saturated heterocycles. The fourth-order valence-corrected chi connectivity index (χ4v) is 2.02. The molecule has 1 rings (SSSR count). The van der Waals surface area contributed by atoms with Gasteiger partial charge in [0.2, 0.25) is 10.0 Å². The van der Waals surface area contributed by atoms with Crippen molar-refractivity contribution in [3.8, 4) is 0 Å². The van der Waals surface area contributed by atoms with Crippen LogP contribution in [0.15, 0.2) is 24.3 Å². The van der Waals surface area contributed by atoms with Gasteiger partial charge in [-0.15, -0.1) is 0 Å². The number of aryl methyl sites for hydroxylation is 1. The zero-order chi connectivity index (χ0) is 10.8. The SMILES string of the molecule is Cc1ccc([C@@H](C)NS(C)(=O)=O)cc1. The molecule has 78 valence electrons. The molecule has 0 radical (unpaired) electrons. The maximum Gasteiger partial charge on any atom is 0.209 e. The van der Waals surface area contributed by atoms with E-state index in [2.05, 4.69) is 4.72 Å². The van der Waals surface area contributed by atoms with Crippen molar-refractivity contribution in [2.24, 2.45) is 0 Å². The van der Waals surface area contributed by atoms with Crippen molar-refractivity contribution in [1.82, 2.24) is 4.72 Å². The van der Waals surface area contributed by atoms with Crippen LogP contribution < -0.4 is 4.72 Å². The second-order valence-electron chi connectivity index (χ2n) is 3.52. The minimum atomic E-state index is -3.13. The molecule has 0 aliphatic carbocycles. The zero-order valence-electron chi connectivity index (χ0n) is 8.61. The van der Waals surface area contributed by atoms with E-state index in [4.69, 9.17) is 0 Å². The predicted octanol–water partition coefficient (Wildman–Crippen LogP) is 1.61. The van der Waals surface area contributed by atoms with Crippen molar-refractivity contribution in [3.05, 3.63) is 35.4 Å². The molecular formula is C10H15NO2S. The molecule has 0 aliphatic rings. The number of benzene rings is 1. The lowest BCUT2D eigenvalue weighted by atomic mass is 10.1. The average Bonchev–Trinajstić information content (AvgIpc) is 2.02. The van der Waals surface area contributed by atoms with Crippen molar-refractivity contribution >= 4 is 10.0 Å². The fourth-order valence-electron chi connectivity index (χ4n) is 1.24. The third-order valence-electron chi connectivity index (χ3n) is 1.97. The summed E-state index contributed by atoms with van der Waals surface area (Å²) >= 11 is 0. The molecule has 0 amide bonds. The van der Waals surface area contributed by atoms with E-state index >= 15 is 0 Å². The van der Waals surface area contributed by atoms with E-state index in [1.807, 2.05) is 38.1 Å². The molecule has 0 saturated carbocycles. The Morgan fingerprint density at radius 3 is 2.14 bits per heavy atom. The van der Waals surface area contributed by atoms with Crippen LogP contribution in [0.5, 0.6) is 0 Å². The maximum absolute atomic E-state index is 11.0. The number of sulfonamides is 1. The highest BCUT2D eigenvalue weighted by Gasteiger charge is 2.09. The zero-order valence-corrected chi connectivity index (χ0v) is 9.43. The van der Waals surface area contributed by atoms with Crippen LogP contribution in [0.4, 0.5) is 0 Å². The van der Waals surface area contributed by atoms with E-state index in [-0.39, 0.29) is 6.04 Å². The minimum absolute atomic E-state index is 0.175. The van der Waals surface area contributed by atoms with Crippen LogP contribution in [0.2, 0.25) is 0 Å². The molecule has 0 fully saturated rings. The molecule has 0 spiro atoms. The first-order valence-electron chi connectivity index (χ1n) is 4.42. The number of hydrogen-bond donors (Lipinski definition) is 1. The molecule has 3 nitrogen and oxygen atoms in total. The minimum Gasteiger partial charge on any atom is -0.213 e. The monoisotopic (exact) mass is 213 g/mol. The predicted molar refractivity (Wildman–Crippen MR) is 57.6 cm³/mol. The molecular weight excluding hydrogens is 198 g/mol. The smallest absolute Gasteiger partial charge is 0.209 e. The van der Waals surface area contributed by atoms with Crippen LogP contribution >= 0.6 is 0 Å². The summed E-state index contributed by atoms with van der Waals surface area (Å²) in [5, 5.41) is 0. The summed E-state index contributed by atoms with van der Waals surface area (Å²) in [6.07, 6.45) is 1.16. The van der Waals surface area contributed by atoms with E-state index in [0.717, 1.165) is 11.8 Å². The van der Waals surface area contributed by atoms with Gasteiger partial charge in [0, 0.05) is 6.04 Å². The summed E-state index contributed by atoms with van der Waals surface area (Å²) in [6.45, 7) is 3.82. The van der Waals surface area contributed by atoms with Crippen molar-refractivity contribution < 1.29 is 8.42 Å². The van der Waals surface area contributed by atoms with Crippen molar-refractivity contribution in [2.75, 3.05) is 6.26 Å². The number of nitrogens with one attached hydrogen (secondary N) is 1.